The van der Waals surface area contributed by atoms with Crippen molar-refractivity contribution >= 4 is 38.9 Å². The molecular weight excluding hydrogens is 402 g/mol. The Labute approximate surface area is 169 Å². The van der Waals surface area contributed by atoms with Crippen LogP contribution in [0.1, 0.15) is 30.9 Å². The molecule has 2 aliphatic rings. The first kappa shape index (κ1) is 18.4. The van der Waals surface area contributed by atoms with Gasteiger partial charge in [0.1, 0.15) is 5.71 Å². The number of benzene rings is 2. The molecule has 2 heterocycles. The van der Waals surface area contributed by atoms with Gasteiger partial charge < -0.3 is 0 Å². The highest BCUT2D eigenvalue weighted by Crippen LogP contribution is 2.32. The van der Waals surface area contributed by atoms with Crippen LogP contribution >= 0.6 is 15.9 Å². The molecule has 4 nitrogen and oxygen atoms in total. The lowest BCUT2D eigenvalue weighted by molar-refractivity contribution is -0.112. The lowest BCUT2D eigenvalue weighted by Crippen LogP contribution is -2.44. The Kier molecular flexibility index (Phi) is 5.15. The molecule has 0 aromatic heterocycles. The topological polar surface area (TPSA) is 35.9 Å². The molecule has 0 aliphatic carbocycles. The van der Waals surface area contributed by atoms with Gasteiger partial charge in [0, 0.05) is 23.1 Å². The molecule has 0 bridgehead atoms. The summed E-state index contributed by atoms with van der Waals surface area (Å²) < 4.78 is 1.00. The SMILES string of the molecule is Cc1ccc(N=C2C(=O)N(CN3CCC(C)CC3)c3ccccc32)cc1Br. The van der Waals surface area contributed by atoms with Crippen molar-refractivity contribution in [2.45, 2.75) is 26.7 Å². The van der Waals surface area contributed by atoms with E-state index in [0.717, 1.165) is 46.0 Å². The third-order valence-corrected chi connectivity index (χ3v) is 6.37. The summed E-state index contributed by atoms with van der Waals surface area (Å²) in [6, 6.07) is 13.9. The van der Waals surface area contributed by atoms with Gasteiger partial charge in [0.2, 0.25) is 0 Å². The van der Waals surface area contributed by atoms with Crippen molar-refractivity contribution < 1.29 is 4.79 Å². The normalized spacial score (nSPS) is 19.7. The average Bonchev–Trinajstić information content (AvgIpc) is 2.92. The molecule has 1 amide bonds. The van der Waals surface area contributed by atoms with E-state index >= 15 is 0 Å². The molecular formula is C22H24BrN3O. The first-order valence-electron chi connectivity index (χ1n) is 9.51. The molecule has 5 heteroatoms. The van der Waals surface area contributed by atoms with Crippen LogP contribution in [0.5, 0.6) is 0 Å². The first-order valence-corrected chi connectivity index (χ1v) is 10.3. The van der Waals surface area contributed by atoms with Crippen LogP contribution in [0.2, 0.25) is 0 Å². The molecule has 0 saturated carbocycles. The summed E-state index contributed by atoms with van der Waals surface area (Å²) in [6.45, 7) is 7.07. The number of fused-ring (bicyclic) bond motifs is 1. The van der Waals surface area contributed by atoms with Crippen molar-refractivity contribution in [3.05, 3.63) is 58.1 Å². The molecule has 2 aromatic carbocycles. The number of aryl methyl sites for hydroxylation is 1. The van der Waals surface area contributed by atoms with E-state index in [2.05, 4.69) is 27.8 Å². The van der Waals surface area contributed by atoms with Crippen LogP contribution < -0.4 is 4.90 Å². The molecule has 4 rings (SSSR count). The van der Waals surface area contributed by atoms with E-state index in [9.17, 15) is 4.79 Å². The van der Waals surface area contributed by atoms with Gasteiger partial charge in [-0.2, -0.15) is 0 Å². The molecule has 0 radical (unpaired) electrons. The molecule has 0 spiro atoms. The summed E-state index contributed by atoms with van der Waals surface area (Å²) in [6.07, 6.45) is 2.39. The predicted molar refractivity (Wildman–Crippen MR) is 114 cm³/mol. The van der Waals surface area contributed by atoms with Crippen LogP contribution in [0.15, 0.2) is 51.9 Å². The maximum Gasteiger partial charge on any atom is 0.278 e. The number of aliphatic imine (C=N–C) groups is 1. The minimum Gasteiger partial charge on any atom is -0.293 e. The molecule has 2 aromatic rings. The minimum atomic E-state index is -0.00785. The van der Waals surface area contributed by atoms with Crippen molar-refractivity contribution in [1.29, 1.82) is 0 Å². The van der Waals surface area contributed by atoms with E-state index in [1.54, 1.807) is 0 Å². The van der Waals surface area contributed by atoms with Crippen LogP contribution in [-0.4, -0.2) is 36.3 Å². The first-order chi connectivity index (χ1) is 13.0. The molecule has 140 valence electrons. The van der Waals surface area contributed by atoms with Crippen LogP contribution in [0, 0.1) is 12.8 Å². The summed E-state index contributed by atoms with van der Waals surface area (Å²) in [5.74, 6) is 0.770. The second-order valence-electron chi connectivity index (χ2n) is 7.59. The quantitative estimate of drug-likeness (QED) is 0.699. The van der Waals surface area contributed by atoms with Gasteiger partial charge in [-0.15, -0.1) is 0 Å². The van der Waals surface area contributed by atoms with Crippen LogP contribution in [0.3, 0.4) is 0 Å². The zero-order chi connectivity index (χ0) is 19.0. The lowest BCUT2D eigenvalue weighted by atomic mass is 10.00. The van der Waals surface area contributed by atoms with Crippen molar-refractivity contribution in [1.82, 2.24) is 4.90 Å². The number of halogens is 1. The van der Waals surface area contributed by atoms with Crippen molar-refractivity contribution in [3.63, 3.8) is 0 Å². The number of carbonyl (C=O) groups is 1. The number of para-hydroxylation sites is 1. The van der Waals surface area contributed by atoms with Crippen molar-refractivity contribution in [3.8, 4) is 0 Å². The highest BCUT2D eigenvalue weighted by atomic mass is 79.9. The Hall–Kier alpha value is -1.98. The van der Waals surface area contributed by atoms with Gasteiger partial charge in [0.25, 0.3) is 5.91 Å². The molecule has 2 aliphatic heterocycles. The number of piperidine rings is 1. The number of rotatable bonds is 3. The third kappa shape index (κ3) is 3.71. The highest BCUT2D eigenvalue weighted by molar-refractivity contribution is 9.10. The number of amides is 1. The Bertz CT molecular complexity index is 900. The second kappa shape index (κ2) is 7.56. The largest absolute Gasteiger partial charge is 0.293 e. The van der Waals surface area contributed by atoms with Crippen molar-refractivity contribution in [2.75, 3.05) is 24.7 Å². The highest BCUT2D eigenvalue weighted by Gasteiger charge is 2.35. The molecule has 1 saturated heterocycles. The summed E-state index contributed by atoms with van der Waals surface area (Å²) >= 11 is 3.55. The predicted octanol–water partition coefficient (Wildman–Crippen LogP) is 4.91. The van der Waals surface area contributed by atoms with Gasteiger partial charge in [-0.25, -0.2) is 4.99 Å². The zero-order valence-electron chi connectivity index (χ0n) is 15.8. The lowest BCUT2D eigenvalue weighted by Gasteiger charge is -2.33. The Balaban J connectivity index is 1.65. The number of nitrogens with zero attached hydrogens (tertiary/aromatic N) is 3. The average molecular weight is 426 g/mol. The number of carbonyl (C=O) groups excluding carboxylic acids is 1. The second-order valence-corrected chi connectivity index (χ2v) is 8.44. The Morgan fingerprint density at radius 1 is 1.15 bits per heavy atom. The summed E-state index contributed by atoms with van der Waals surface area (Å²) in [5.41, 5.74) is 4.36. The molecule has 0 unspecified atom stereocenters. The molecule has 1 fully saturated rings. The Morgan fingerprint density at radius 2 is 1.89 bits per heavy atom. The fourth-order valence-corrected chi connectivity index (χ4v) is 4.06. The number of hydrogen-bond donors (Lipinski definition) is 0. The minimum absolute atomic E-state index is 0.00785. The van der Waals surface area contributed by atoms with Crippen LogP contribution in [-0.2, 0) is 4.79 Å². The maximum absolute atomic E-state index is 13.2. The maximum atomic E-state index is 13.2. The fraction of sp³-hybridized carbons (Fsp3) is 0.364. The standard InChI is InChI=1S/C22H24BrN3O/c1-15-9-11-25(12-10-15)14-26-20-6-4-3-5-18(20)21(22(26)27)24-17-8-7-16(2)19(23)13-17/h3-8,13,15H,9-12,14H2,1-2H3. The summed E-state index contributed by atoms with van der Waals surface area (Å²) in [5, 5.41) is 0. The van der Waals surface area contributed by atoms with Crippen molar-refractivity contribution in [2.24, 2.45) is 10.9 Å². The number of anilines is 1. The van der Waals surface area contributed by atoms with Gasteiger partial charge in [-0.05, 0) is 49.4 Å². The van der Waals surface area contributed by atoms with E-state index in [1.165, 1.54) is 12.8 Å². The van der Waals surface area contributed by atoms with E-state index in [0.29, 0.717) is 12.4 Å². The monoisotopic (exact) mass is 425 g/mol. The van der Waals surface area contributed by atoms with E-state index in [1.807, 2.05) is 54.3 Å². The molecule has 0 atom stereocenters. The van der Waals surface area contributed by atoms with Gasteiger partial charge in [0.05, 0.1) is 18.0 Å². The third-order valence-electron chi connectivity index (χ3n) is 5.51. The Morgan fingerprint density at radius 3 is 2.63 bits per heavy atom. The van der Waals surface area contributed by atoms with E-state index < -0.39 is 0 Å². The van der Waals surface area contributed by atoms with Gasteiger partial charge in [-0.3, -0.25) is 14.6 Å². The van der Waals surface area contributed by atoms with Gasteiger partial charge >= 0.3 is 0 Å². The summed E-state index contributed by atoms with van der Waals surface area (Å²) in [4.78, 5) is 22.2. The van der Waals surface area contributed by atoms with E-state index in [-0.39, 0.29) is 5.91 Å². The summed E-state index contributed by atoms with van der Waals surface area (Å²) in [7, 11) is 0. The molecule has 0 N–H and O–H groups in total. The van der Waals surface area contributed by atoms with Gasteiger partial charge in [-0.1, -0.05) is 47.1 Å². The smallest absolute Gasteiger partial charge is 0.278 e. The number of hydrogen-bond acceptors (Lipinski definition) is 3. The fourth-order valence-electron chi connectivity index (χ4n) is 3.69. The molecule has 27 heavy (non-hydrogen) atoms. The number of likely N-dealkylation sites (tertiary alicyclic amines) is 1. The van der Waals surface area contributed by atoms with Gasteiger partial charge in [0.15, 0.2) is 0 Å². The van der Waals surface area contributed by atoms with Crippen LogP contribution in [0.25, 0.3) is 0 Å². The van der Waals surface area contributed by atoms with E-state index in [4.69, 9.17) is 4.99 Å². The zero-order valence-corrected chi connectivity index (χ0v) is 17.4. The van der Waals surface area contributed by atoms with Crippen LogP contribution in [0.4, 0.5) is 11.4 Å².